The summed E-state index contributed by atoms with van der Waals surface area (Å²) in [6.07, 6.45) is 0. The summed E-state index contributed by atoms with van der Waals surface area (Å²) < 4.78 is 2.45. The van der Waals surface area contributed by atoms with Crippen molar-refractivity contribution in [3.8, 4) is 67.5 Å². The second-order valence-electron chi connectivity index (χ2n) is 12.0. The lowest BCUT2D eigenvalue weighted by Gasteiger charge is -2.11. The standard InChI is InChI=1S/C45H29N3S/c1-5-14-30(15-6-1)32-24-26-35(27-25-32)44-46-43(34-20-11-4-12-21-34)47-45(48-44)37-22-13-23-40-41(37)39-29-36(31-16-7-2-8-17-31)28-38(42(39)49-40)33-18-9-3-10-19-33/h1-29H. The van der Waals surface area contributed by atoms with Crippen molar-refractivity contribution in [3.05, 3.63) is 176 Å². The van der Waals surface area contributed by atoms with Gasteiger partial charge in [0.1, 0.15) is 0 Å². The quantitative estimate of drug-likeness (QED) is 0.181. The van der Waals surface area contributed by atoms with Crippen LogP contribution in [-0.2, 0) is 0 Å². The van der Waals surface area contributed by atoms with Crippen LogP contribution in [0.2, 0.25) is 0 Å². The van der Waals surface area contributed by atoms with Gasteiger partial charge in [-0.3, -0.25) is 0 Å². The Morgan fingerprint density at radius 1 is 0.327 bits per heavy atom. The summed E-state index contributed by atoms with van der Waals surface area (Å²) in [7, 11) is 0. The molecule has 0 aliphatic rings. The molecule has 230 valence electrons. The minimum atomic E-state index is 0.648. The molecule has 2 heterocycles. The van der Waals surface area contributed by atoms with Crippen molar-refractivity contribution >= 4 is 31.5 Å². The van der Waals surface area contributed by atoms with Crippen molar-refractivity contribution in [2.75, 3.05) is 0 Å². The molecule has 0 amide bonds. The molecule has 2 aromatic heterocycles. The first kappa shape index (κ1) is 29.0. The average Bonchev–Trinajstić information content (AvgIpc) is 3.58. The Bertz CT molecular complexity index is 2560. The van der Waals surface area contributed by atoms with E-state index in [1.54, 1.807) is 0 Å². The molecule has 0 spiro atoms. The van der Waals surface area contributed by atoms with Crippen LogP contribution in [0.3, 0.4) is 0 Å². The molecule has 4 heteroatoms. The number of hydrogen-bond donors (Lipinski definition) is 0. The van der Waals surface area contributed by atoms with Gasteiger partial charge < -0.3 is 0 Å². The third kappa shape index (κ3) is 5.48. The van der Waals surface area contributed by atoms with Gasteiger partial charge in [-0.25, -0.2) is 15.0 Å². The molecule has 49 heavy (non-hydrogen) atoms. The first-order chi connectivity index (χ1) is 24.3. The van der Waals surface area contributed by atoms with Crippen molar-refractivity contribution in [1.29, 1.82) is 0 Å². The fourth-order valence-electron chi connectivity index (χ4n) is 6.53. The zero-order valence-electron chi connectivity index (χ0n) is 26.5. The molecule has 0 aliphatic carbocycles. The molecule has 9 rings (SSSR count). The minimum Gasteiger partial charge on any atom is -0.208 e. The summed E-state index contributed by atoms with van der Waals surface area (Å²) in [4.78, 5) is 15.3. The summed E-state index contributed by atoms with van der Waals surface area (Å²) in [6, 6.07) is 61.5. The third-order valence-electron chi connectivity index (χ3n) is 8.95. The van der Waals surface area contributed by atoms with E-state index in [9.17, 15) is 0 Å². The average molecular weight is 644 g/mol. The predicted octanol–water partition coefficient (Wildman–Crippen LogP) is 12.2. The Balaban J connectivity index is 1.28. The molecule has 0 radical (unpaired) electrons. The van der Waals surface area contributed by atoms with E-state index in [1.807, 2.05) is 35.6 Å². The van der Waals surface area contributed by atoms with Gasteiger partial charge in [-0.05, 0) is 46.0 Å². The van der Waals surface area contributed by atoms with E-state index in [1.165, 1.54) is 42.6 Å². The van der Waals surface area contributed by atoms with Crippen molar-refractivity contribution in [1.82, 2.24) is 15.0 Å². The monoisotopic (exact) mass is 643 g/mol. The molecule has 7 aromatic carbocycles. The van der Waals surface area contributed by atoms with Crippen LogP contribution in [0.15, 0.2) is 176 Å². The lowest BCUT2D eigenvalue weighted by molar-refractivity contribution is 1.08. The Morgan fingerprint density at radius 3 is 1.41 bits per heavy atom. The number of aromatic nitrogens is 3. The van der Waals surface area contributed by atoms with Gasteiger partial charge in [0.25, 0.3) is 0 Å². The van der Waals surface area contributed by atoms with E-state index >= 15 is 0 Å². The lowest BCUT2D eigenvalue weighted by Crippen LogP contribution is -2.00. The van der Waals surface area contributed by atoms with Crippen molar-refractivity contribution in [3.63, 3.8) is 0 Å². The van der Waals surface area contributed by atoms with E-state index < -0.39 is 0 Å². The van der Waals surface area contributed by atoms with Crippen molar-refractivity contribution in [2.24, 2.45) is 0 Å². The van der Waals surface area contributed by atoms with Gasteiger partial charge in [-0.1, -0.05) is 158 Å². The van der Waals surface area contributed by atoms with Gasteiger partial charge >= 0.3 is 0 Å². The topological polar surface area (TPSA) is 38.7 Å². The number of benzene rings is 7. The maximum atomic E-state index is 5.18. The third-order valence-corrected chi connectivity index (χ3v) is 10.2. The highest BCUT2D eigenvalue weighted by Gasteiger charge is 2.19. The molecule has 0 saturated carbocycles. The number of nitrogens with zero attached hydrogens (tertiary/aromatic N) is 3. The van der Waals surface area contributed by atoms with Crippen molar-refractivity contribution in [2.45, 2.75) is 0 Å². The van der Waals surface area contributed by atoms with E-state index in [0.29, 0.717) is 17.5 Å². The molecule has 0 atom stereocenters. The van der Waals surface area contributed by atoms with Crippen LogP contribution in [0.25, 0.3) is 87.7 Å². The van der Waals surface area contributed by atoms with E-state index in [4.69, 9.17) is 15.0 Å². The zero-order chi connectivity index (χ0) is 32.6. The highest BCUT2D eigenvalue weighted by atomic mass is 32.1. The number of rotatable bonds is 6. The Morgan fingerprint density at radius 2 is 0.796 bits per heavy atom. The van der Waals surface area contributed by atoms with Gasteiger partial charge in [0.05, 0.1) is 0 Å². The second-order valence-corrected chi connectivity index (χ2v) is 13.1. The predicted molar refractivity (Wildman–Crippen MR) is 205 cm³/mol. The zero-order valence-corrected chi connectivity index (χ0v) is 27.3. The minimum absolute atomic E-state index is 0.648. The molecule has 0 fully saturated rings. The Kier molecular flexibility index (Phi) is 7.34. The highest BCUT2D eigenvalue weighted by Crippen LogP contribution is 2.45. The largest absolute Gasteiger partial charge is 0.208 e. The maximum absolute atomic E-state index is 5.18. The number of thiophene rings is 1. The molecular weight excluding hydrogens is 615 g/mol. The van der Waals surface area contributed by atoms with Gasteiger partial charge in [-0.15, -0.1) is 11.3 Å². The Labute approximate surface area is 288 Å². The summed E-state index contributed by atoms with van der Waals surface area (Å²) in [5.74, 6) is 1.96. The summed E-state index contributed by atoms with van der Waals surface area (Å²) >= 11 is 1.83. The first-order valence-corrected chi connectivity index (χ1v) is 17.2. The summed E-state index contributed by atoms with van der Waals surface area (Å²) in [6.45, 7) is 0. The summed E-state index contributed by atoms with van der Waals surface area (Å²) in [5, 5.41) is 2.36. The Hall–Kier alpha value is -6.23. The van der Waals surface area contributed by atoms with Crippen LogP contribution < -0.4 is 0 Å². The molecule has 0 N–H and O–H groups in total. The van der Waals surface area contributed by atoms with Crippen LogP contribution in [0.4, 0.5) is 0 Å². The van der Waals surface area contributed by atoms with Gasteiger partial charge in [0, 0.05) is 42.4 Å². The van der Waals surface area contributed by atoms with E-state index in [2.05, 4.69) is 152 Å². The molecule has 0 saturated heterocycles. The molecule has 0 unspecified atom stereocenters. The van der Waals surface area contributed by atoms with Gasteiger partial charge in [-0.2, -0.15) is 0 Å². The normalized spacial score (nSPS) is 11.3. The first-order valence-electron chi connectivity index (χ1n) is 16.4. The highest BCUT2D eigenvalue weighted by molar-refractivity contribution is 7.26. The van der Waals surface area contributed by atoms with E-state index in [-0.39, 0.29) is 0 Å². The molecule has 9 aromatic rings. The van der Waals surface area contributed by atoms with Crippen LogP contribution in [0, 0.1) is 0 Å². The van der Waals surface area contributed by atoms with Crippen LogP contribution in [0.1, 0.15) is 0 Å². The van der Waals surface area contributed by atoms with Crippen LogP contribution in [-0.4, -0.2) is 15.0 Å². The number of hydrogen-bond acceptors (Lipinski definition) is 4. The van der Waals surface area contributed by atoms with Crippen LogP contribution in [0.5, 0.6) is 0 Å². The van der Waals surface area contributed by atoms with Gasteiger partial charge in [0.2, 0.25) is 0 Å². The van der Waals surface area contributed by atoms with Crippen molar-refractivity contribution < 1.29 is 0 Å². The smallest absolute Gasteiger partial charge is 0.164 e. The van der Waals surface area contributed by atoms with E-state index in [0.717, 1.165) is 27.6 Å². The molecular formula is C45H29N3S. The fourth-order valence-corrected chi connectivity index (χ4v) is 7.77. The SMILES string of the molecule is c1ccc(-c2ccc(-c3nc(-c4ccccc4)nc(-c4cccc5sc6c(-c7ccccc7)cc(-c7ccccc7)cc6c45)n3)cc2)cc1. The number of fused-ring (bicyclic) bond motifs is 3. The maximum Gasteiger partial charge on any atom is 0.164 e. The van der Waals surface area contributed by atoms with Crippen LogP contribution >= 0.6 is 11.3 Å². The molecule has 3 nitrogen and oxygen atoms in total. The summed E-state index contributed by atoms with van der Waals surface area (Å²) in [5.41, 5.74) is 10.0. The molecule has 0 bridgehead atoms. The molecule has 0 aliphatic heterocycles. The fraction of sp³-hybridized carbons (Fsp3) is 0. The second kappa shape index (κ2) is 12.4. The van der Waals surface area contributed by atoms with Gasteiger partial charge in [0.15, 0.2) is 17.5 Å². The lowest BCUT2D eigenvalue weighted by atomic mass is 9.95.